The molecule has 0 radical (unpaired) electrons. The maximum atomic E-state index is 12.7. The Kier molecular flexibility index (Phi) is 4.99. The zero-order valence-corrected chi connectivity index (χ0v) is 11.1. The van der Waals surface area contributed by atoms with Crippen LogP contribution in [0.4, 0.5) is 17.6 Å². The first-order chi connectivity index (χ1) is 9.42. The molecular weight excluding hydrogens is 272 g/mol. The van der Waals surface area contributed by atoms with Gasteiger partial charge in [0.2, 0.25) is 0 Å². The van der Waals surface area contributed by atoms with Crippen molar-refractivity contribution in [3.8, 4) is 0 Å². The Hall–Kier alpha value is -1.14. The molecule has 0 spiro atoms. The van der Waals surface area contributed by atoms with E-state index in [-0.39, 0.29) is 11.7 Å². The van der Waals surface area contributed by atoms with Gasteiger partial charge in [0.1, 0.15) is 5.82 Å². The van der Waals surface area contributed by atoms with E-state index in [2.05, 4.69) is 5.32 Å². The van der Waals surface area contributed by atoms with Gasteiger partial charge in [-0.25, -0.2) is 4.39 Å². The molecule has 1 atom stereocenters. The number of alkyl halides is 3. The van der Waals surface area contributed by atoms with Crippen LogP contribution in [0.25, 0.3) is 0 Å². The molecule has 20 heavy (non-hydrogen) atoms. The molecule has 2 nitrogen and oxygen atoms in total. The summed E-state index contributed by atoms with van der Waals surface area (Å²) in [6.07, 6.45) is -3.33. The Labute approximate surface area is 115 Å². The molecule has 0 aromatic heterocycles. The van der Waals surface area contributed by atoms with Crippen molar-refractivity contribution in [3.63, 3.8) is 0 Å². The fourth-order valence-corrected chi connectivity index (χ4v) is 2.50. The Morgan fingerprint density at radius 2 is 1.90 bits per heavy atom. The second-order valence-electron chi connectivity index (χ2n) is 5.26. The Balaban J connectivity index is 1.67. The number of halogens is 4. The van der Waals surface area contributed by atoms with Crippen LogP contribution in [0.1, 0.15) is 12.0 Å². The molecule has 1 N–H and O–H groups in total. The standard InChI is InChI=1S/C14H18F4N2/c15-13-3-1-11(2-4-13)7-19-8-12-5-6-20(9-12)10-14(16,17)18/h1-4,12,19H,5-10H2. The van der Waals surface area contributed by atoms with Gasteiger partial charge in [-0.3, -0.25) is 4.90 Å². The fourth-order valence-electron chi connectivity index (χ4n) is 2.50. The number of nitrogens with one attached hydrogen (secondary N) is 1. The Bertz CT molecular complexity index is 416. The monoisotopic (exact) mass is 290 g/mol. The summed E-state index contributed by atoms with van der Waals surface area (Å²) in [5.74, 6) is -0.0230. The quantitative estimate of drug-likeness (QED) is 0.839. The first-order valence-electron chi connectivity index (χ1n) is 6.66. The smallest absolute Gasteiger partial charge is 0.312 e. The van der Waals surface area contributed by atoms with Crippen LogP contribution in [0.5, 0.6) is 0 Å². The van der Waals surface area contributed by atoms with Crippen molar-refractivity contribution in [2.45, 2.75) is 19.1 Å². The highest BCUT2D eigenvalue weighted by Gasteiger charge is 2.34. The van der Waals surface area contributed by atoms with Gasteiger partial charge in [0.15, 0.2) is 0 Å². The molecule has 6 heteroatoms. The molecule has 2 rings (SSSR count). The predicted molar refractivity (Wildman–Crippen MR) is 68.7 cm³/mol. The zero-order valence-electron chi connectivity index (χ0n) is 11.1. The molecule has 1 aromatic carbocycles. The van der Waals surface area contributed by atoms with Crippen molar-refractivity contribution in [2.24, 2.45) is 5.92 Å². The molecule has 0 bridgehead atoms. The summed E-state index contributed by atoms with van der Waals surface area (Å²) in [6.45, 7) is 1.46. The Morgan fingerprint density at radius 3 is 2.55 bits per heavy atom. The van der Waals surface area contributed by atoms with Gasteiger partial charge in [-0.15, -0.1) is 0 Å². The molecule has 1 unspecified atom stereocenters. The van der Waals surface area contributed by atoms with Crippen LogP contribution in [0, 0.1) is 11.7 Å². The largest absolute Gasteiger partial charge is 0.401 e. The topological polar surface area (TPSA) is 15.3 Å². The van der Waals surface area contributed by atoms with E-state index in [1.54, 1.807) is 12.1 Å². The molecule has 0 amide bonds. The summed E-state index contributed by atoms with van der Waals surface area (Å²) in [5, 5.41) is 3.22. The molecule has 1 fully saturated rings. The van der Waals surface area contributed by atoms with Gasteiger partial charge in [-0.2, -0.15) is 13.2 Å². The number of rotatable bonds is 5. The molecule has 112 valence electrons. The fraction of sp³-hybridized carbons (Fsp3) is 0.571. The second kappa shape index (κ2) is 6.54. The van der Waals surface area contributed by atoms with E-state index in [1.807, 2.05) is 0 Å². The average molecular weight is 290 g/mol. The van der Waals surface area contributed by atoms with Gasteiger partial charge < -0.3 is 5.32 Å². The minimum atomic E-state index is -4.11. The van der Waals surface area contributed by atoms with Crippen molar-refractivity contribution in [2.75, 3.05) is 26.2 Å². The van der Waals surface area contributed by atoms with Crippen LogP contribution in [0.3, 0.4) is 0 Å². The highest BCUT2D eigenvalue weighted by molar-refractivity contribution is 5.15. The summed E-state index contributed by atoms with van der Waals surface area (Å²) in [5.41, 5.74) is 0.969. The van der Waals surface area contributed by atoms with E-state index in [0.29, 0.717) is 26.2 Å². The third kappa shape index (κ3) is 5.09. The lowest BCUT2D eigenvalue weighted by molar-refractivity contribution is -0.143. The van der Waals surface area contributed by atoms with Crippen LogP contribution < -0.4 is 5.32 Å². The average Bonchev–Trinajstić information content (AvgIpc) is 2.77. The van der Waals surface area contributed by atoms with Crippen molar-refractivity contribution < 1.29 is 17.6 Å². The summed E-state index contributed by atoms with van der Waals surface area (Å²) in [6, 6.07) is 6.20. The van der Waals surface area contributed by atoms with Crippen LogP contribution in [0.2, 0.25) is 0 Å². The highest BCUT2D eigenvalue weighted by atomic mass is 19.4. The van der Waals surface area contributed by atoms with Crippen molar-refractivity contribution >= 4 is 0 Å². The lowest BCUT2D eigenvalue weighted by Crippen LogP contribution is -2.33. The molecule has 1 saturated heterocycles. The van der Waals surface area contributed by atoms with Crippen LogP contribution >= 0.6 is 0 Å². The first kappa shape index (κ1) is 15.3. The van der Waals surface area contributed by atoms with Gasteiger partial charge >= 0.3 is 6.18 Å². The maximum Gasteiger partial charge on any atom is 0.401 e. The van der Waals surface area contributed by atoms with Gasteiger partial charge in [-0.05, 0) is 43.1 Å². The summed E-state index contributed by atoms with van der Waals surface area (Å²) < 4.78 is 49.5. The summed E-state index contributed by atoms with van der Waals surface area (Å²) in [4.78, 5) is 1.45. The minimum Gasteiger partial charge on any atom is -0.312 e. The molecule has 0 saturated carbocycles. The van der Waals surface area contributed by atoms with E-state index < -0.39 is 12.7 Å². The van der Waals surface area contributed by atoms with E-state index in [9.17, 15) is 17.6 Å². The van der Waals surface area contributed by atoms with Gasteiger partial charge in [-0.1, -0.05) is 12.1 Å². The molecule has 1 aliphatic rings. The number of likely N-dealkylation sites (tertiary alicyclic amines) is 1. The number of hydrogen-bond donors (Lipinski definition) is 1. The lowest BCUT2D eigenvalue weighted by atomic mass is 10.1. The normalized spacial score (nSPS) is 20.5. The van der Waals surface area contributed by atoms with E-state index in [1.165, 1.54) is 17.0 Å². The van der Waals surface area contributed by atoms with E-state index >= 15 is 0 Å². The highest BCUT2D eigenvalue weighted by Crippen LogP contribution is 2.22. The predicted octanol–water partition coefficient (Wildman–Crippen LogP) is 2.80. The third-order valence-corrected chi connectivity index (χ3v) is 3.45. The summed E-state index contributed by atoms with van der Waals surface area (Å²) >= 11 is 0. The van der Waals surface area contributed by atoms with Gasteiger partial charge in [0.25, 0.3) is 0 Å². The third-order valence-electron chi connectivity index (χ3n) is 3.45. The SMILES string of the molecule is Fc1ccc(CNCC2CCN(CC(F)(F)F)C2)cc1. The van der Waals surface area contributed by atoms with Crippen molar-refractivity contribution in [3.05, 3.63) is 35.6 Å². The van der Waals surface area contributed by atoms with E-state index in [0.717, 1.165) is 12.0 Å². The second-order valence-corrected chi connectivity index (χ2v) is 5.26. The summed E-state index contributed by atoms with van der Waals surface area (Å²) in [7, 11) is 0. The van der Waals surface area contributed by atoms with Crippen molar-refractivity contribution in [1.82, 2.24) is 10.2 Å². The van der Waals surface area contributed by atoms with Crippen LogP contribution in [-0.2, 0) is 6.54 Å². The molecule has 1 aliphatic heterocycles. The lowest BCUT2D eigenvalue weighted by Gasteiger charge is -2.18. The van der Waals surface area contributed by atoms with Gasteiger partial charge in [0.05, 0.1) is 6.54 Å². The first-order valence-corrected chi connectivity index (χ1v) is 6.66. The number of hydrogen-bond acceptors (Lipinski definition) is 2. The molecule has 1 heterocycles. The maximum absolute atomic E-state index is 12.7. The van der Waals surface area contributed by atoms with Crippen molar-refractivity contribution in [1.29, 1.82) is 0 Å². The van der Waals surface area contributed by atoms with Gasteiger partial charge in [0, 0.05) is 13.1 Å². The molecular formula is C14H18F4N2. The van der Waals surface area contributed by atoms with E-state index in [4.69, 9.17) is 0 Å². The molecule has 0 aliphatic carbocycles. The van der Waals surface area contributed by atoms with Crippen LogP contribution in [0.15, 0.2) is 24.3 Å². The minimum absolute atomic E-state index is 0.248. The Morgan fingerprint density at radius 1 is 1.20 bits per heavy atom. The number of benzene rings is 1. The molecule has 1 aromatic rings. The number of nitrogens with zero attached hydrogens (tertiary/aromatic N) is 1. The zero-order chi connectivity index (χ0) is 14.6. The van der Waals surface area contributed by atoms with Crippen LogP contribution in [-0.4, -0.2) is 37.3 Å².